The molecule has 0 aliphatic carbocycles. The third kappa shape index (κ3) is 2.81. The van der Waals surface area contributed by atoms with Crippen molar-refractivity contribution < 1.29 is 9.50 Å². The molecule has 0 aromatic heterocycles. The van der Waals surface area contributed by atoms with Crippen LogP contribution in [0.2, 0.25) is 0 Å². The molecule has 3 aromatic rings. The molecule has 0 bridgehead atoms. The maximum absolute atomic E-state index is 13.6. The summed E-state index contributed by atoms with van der Waals surface area (Å²) in [6.45, 7) is 1.72. The Hall–Kier alpha value is -2.19. The van der Waals surface area contributed by atoms with Gasteiger partial charge in [0.25, 0.3) is 0 Å². The molecule has 0 spiro atoms. The number of halogens is 1. The zero-order valence-corrected chi connectivity index (χ0v) is 11.9. The van der Waals surface area contributed by atoms with Crippen molar-refractivity contribution in [2.45, 2.75) is 19.4 Å². The van der Waals surface area contributed by atoms with Crippen LogP contribution in [0, 0.1) is 12.7 Å². The molecule has 0 saturated carbocycles. The second-order valence-electron chi connectivity index (χ2n) is 5.37. The van der Waals surface area contributed by atoms with Crippen LogP contribution < -0.4 is 0 Å². The van der Waals surface area contributed by atoms with E-state index in [9.17, 15) is 9.50 Å². The van der Waals surface area contributed by atoms with Gasteiger partial charge in [-0.05, 0) is 40.5 Å². The summed E-state index contributed by atoms with van der Waals surface area (Å²) < 4.78 is 13.6. The van der Waals surface area contributed by atoms with Crippen LogP contribution in [-0.4, -0.2) is 5.11 Å². The third-order valence-electron chi connectivity index (χ3n) is 3.87. The summed E-state index contributed by atoms with van der Waals surface area (Å²) in [5, 5.41) is 12.7. The molecular formula is C19H17FO. The van der Waals surface area contributed by atoms with Gasteiger partial charge >= 0.3 is 0 Å². The predicted octanol–water partition coefficient (Wildman–Crippen LogP) is 4.56. The monoisotopic (exact) mass is 280 g/mol. The topological polar surface area (TPSA) is 20.2 Å². The van der Waals surface area contributed by atoms with Crippen LogP contribution in [0.15, 0.2) is 60.7 Å². The molecule has 3 aromatic carbocycles. The molecule has 2 heteroatoms. The van der Waals surface area contributed by atoms with Crippen molar-refractivity contribution in [1.82, 2.24) is 0 Å². The highest BCUT2D eigenvalue weighted by Crippen LogP contribution is 2.25. The summed E-state index contributed by atoms with van der Waals surface area (Å²) in [5.74, 6) is -0.274. The lowest BCUT2D eigenvalue weighted by atomic mass is 9.96. The summed E-state index contributed by atoms with van der Waals surface area (Å²) in [6, 6.07) is 19.1. The second kappa shape index (κ2) is 5.66. The summed E-state index contributed by atoms with van der Waals surface area (Å²) in [6.07, 6.45) is -0.227. The van der Waals surface area contributed by atoms with E-state index in [1.807, 2.05) is 30.3 Å². The van der Waals surface area contributed by atoms with Gasteiger partial charge in [0.15, 0.2) is 0 Å². The first-order valence-corrected chi connectivity index (χ1v) is 7.06. The van der Waals surface area contributed by atoms with Crippen molar-refractivity contribution in [2.24, 2.45) is 0 Å². The predicted molar refractivity (Wildman–Crippen MR) is 83.7 cm³/mol. The van der Waals surface area contributed by atoms with Gasteiger partial charge in [0, 0.05) is 6.42 Å². The molecule has 0 fully saturated rings. The first-order valence-electron chi connectivity index (χ1n) is 7.06. The van der Waals surface area contributed by atoms with Crippen molar-refractivity contribution in [3.8, 4) is 0 Å². The molecule has 0 aliphatic heterocycles. The van der Waals surface area contributed by atoms with E-state index in [0.717, 1.165) is 16.3 Å². The molecule has 1 N–H and O–H groups in total. The molecule has 3 rings (SSSR count). The zero-order valence-electron chi connectivity index (χ0n) is 11.9. The van der Waals surface area contributed by atoms with Crippen LogP contribution in [-0.2, 0) is 6.42 Å². The first kappa shape index (κ1) is 13.8. The van der Waals surface area contributed by atoms with Gasteiger partial charge < -0.3 is 5.11 Å². The van der Waals surface area contributed by atoms with E-state index in [-0.39, 0.29) is 5.82 Å². The zero-order chi connectivity index (χ0) is 14.8. The van der Waals surface area contributed by atoms with Gasteiger partial charge in [-0.25, -0.2) is 4.39 Å². The highest BCUT2D eigenvalue weighted by molar-refractivity contribution is 5.85. The smallest absolute Gasteiger partial charge is 0.126 e. The number of aliphatic hydroxyl groups is 1. The van der Waals surface area contributed by atoms with Crippen LogP contribution in [0.5, 0.6) is 0 Å². The minimum absolute atomic E-state index is 0.274. The molecule has 0 heterocycles. The van der Waals surface area contributed by atoms with Gasteiger partial charge in [0.2, 0.25) is 0 Å². The van der Waals surface area contributed by atoms with Crippen molar-refractivity contribution in [1.29, 1.82) is 0 Å². The fourth-order valence-corrected chi connectivity index (χ4v) is 2.61. The Morgan fingerprint density at radius 1 is 1.00 bits per heavy atom. The standard InChI is InChI=1S/C19H17FO/c1-13-9-10-16(11-18(13)20)19(21)12-15-7-4-6-14-5-2-3-8-17(14)15/h2-11,19,21H,12H2,1H3. The summed E-state index contributed by atoms with van der Waals surface area (Å²) in [5.41, 5.74) is 2.28. The van der Waals surface area contributed by atoms with Crippen molar-refractivity contribution in [3.05, 3.63) is 83.2 Å². The van der Waals surface area contributed by atoms with Gasteiger partial charge in [0.05, 0.1) is 6.10 Å². The summed E-state index contributed by atoms with van der Waals surface area (Å²) in [7, 11) is 0. The fourth-order valence-electron chi connectivity index (χ4n) is 2.61. The molecule has 1 atom stereocenters. The van der Waals surface area contributed by atoms with E-state index in [1.54, 1.807) is 19.1 Å². The van der Waals surface area contributed by atoms with Crippen LogP contribution in [0.25, 0.3) is 10.8 Å². The maximum Gasteiger partial charge on any atom is 0.126 e. The highest BCUT2D eigenvalue weighted by atomic mass is 19.1. The number of benzene rings is 3. The van der Waals surface area contributed by atoms with E-state index in [4.69, 9.17) is 0 Å². The van der Waals surface area contributed by atoms with E-state index in [1.165, 1.54) is 6.07 Å². The maximum atomic E-state index is 13.6. The normalized spacial score (nSPS) is 12.5. The van der Waals surface area contributed by atoms with Gasteiger partial charge in [0.1, 0.15) is 5.82 Å². The Bertz CT molecular complexity index is 774. The highest BCUT2D eigenvalue weighted by Gasteiger charge is 2.12. The van der Waals surface area contributed by atoms with Gasteiger partial charge in [-0.15, -0.1) is 0 Å². The molecule has 0 aliphatic rings. The van der Waals surface area contributed by atoms with E-state index >= 15 is 0 Å². The lowest BCUT2D eigenvalue weighted by Gasteiger charge is -2.13. The molecule has 106 valence electrons. The molecular weight excluding hydrogens is 263 g/mol. The summed E-state index contributed by atoms with van der Waals surface area (Å²) >= 11 is 0. The Morgan fingerprint density at radius 3 is 2.57 bits per heavy atom. The second-order valence-corrected chi connectivity index (χ2v) is 5.37. The van der Waals surface area contributed by atoms with Crippen molar-refractivity contribution >= 4 is 10.8 Å². The average Bonchev–Trinajstić information content (AvgIpc) is 2.50. The lowest BCUT2D eigenvalue weighted by molar-refractivity contribution is 0.178. The Balaban J connectivity index is 1.92. The minimum Gasteiger partial charge on any atom is -0.388 e. The number of aliphatic hydroxyl groups excluding tert-OH is 1. The molecule has 0 radical (unpaired) electrons. The summed E-state index contributed by atoms with van der Waals surface area (Å²) in [4.78, 5) is 0. The number of aryl methyl sites for hydroxylation is 1. The SMILES string of the molecule is Cc1ccc(C(O)Cc2cccc3ccccc23)cc1F. The largest absolute Gasteiger partial charge is 0.388 e. The lowest BCUT2D eigenvalue weighted by Crippen LogP contribution is -2.03. The Labute approximate surface area is 123 Å². The first-order chi connectivity index (χ1) is 10.1. The van der Waals surface area contributed by atoms with Gasteiger partial charge in [-0.1, -0.05) is 54.6 Å². The molecule has 1 nitrogen and oxygen atoms in total. The Morgan fingerprint density at radius 2 is 1.76 bits per heavy atom. The van der Waals surface area contributed by atoms with E-state index < -0.39 is 6.10 Å². The quantitative estimate of drug-likeness (QED) is 0.745. The molecule has 21 heavy (non-hydrogen) atoms. The van der Waals surface area contributed by atoms with E-state index in [2.05, 4.69) is 12.1 Å². The number of hydrogen-bond acceptors (Lipinski definition) is 1. The molecule has 0 saturated heterocycles. The van der Waals surface area contributed by atoms with E-state index in [0.29, 0.717) is 17.5 Å². The Kier molecular flexibility index (Phi) is 3.72. The fraction of sp³-hybridized carbons (Fsp3) is 0.158. The van der Waals surface area contributed by atoms with Crippen molar-refractivity contribution in [2.75, 3.05) is 0 Å². The van der Waals surface area contributed by atoms with Crippen molar-refractivity contribution in [3.63, 3.8) is 0 Å². The minimum atomic E-state index is -0.703. The average molecular weight is 280 g/mol. The molecule has 0 amide bonds. The van der Waals surface area contributed by atoms with Gasteiger partial charge in [-0.3, -0.25) is 0 Å². The van der Waals surface area contributed by atoms with Crippen LogP contribution in [0.3, 0.4) is 0 Å². The van der Waals surface area contributed by atoms with Crippen LogP contribution >= 0.6 is 0 Å². The van der Waals surface area contributed by atoms with Crippen LogP contribution in [0.4, 0.5) is 4.39 Å². The molecule has 1 unspecified atom stereocenters. The number of hydrogen-bond donors (Lipinski definition) is 1. The third-order valence-corrected chi connectivity index (χ3v) is 3.87. The number of rotatable bonds is 3. The van der Waals surface area contributed by atoms with Gasteiger partial charge in [-0.2, -0.15) is 0 Å². The number of fused-ring (bicyclic) bond motifs is 1. The van der Waals surface area contributed by atoms with Crippen LogP contribution in [0.1, 0.15) is 22.8 Å².